The number of carbonyl (C=O) groups excluding carboxylic acids is 1. The zero-order chi connectivity index (χ0) is 26.7. The Labute approximate surface area is 231 Å². The quantitative estimate of drug-likeness (QED) is 0.322. The van der Waals surface area contributed by atoms with E-state index < -0.39 is 6.04 Å². The van der Waals surface area contributed by atoms with Crippen LogP contribution in [0, 0.1) is 0 Å². The minimum Gasteiger partial charge on any atom is -0.493 e. The predicted molar refractivity (Wildman–Crippen MR) is 151 cm³/mol. The number of hydrogen-bond donors (Lipinski definition) is 3. The van der Waals surface area contributed by atoms with Crippen LogP contribution in [-0.4, -0.2) is 49.7 Å². The number of nitrogens with zero attached hydrogens (tertiary/aromatic N) is 3. The fourth-order valence-corrected chi connectivity index (χ4v) is 6.79. The third-order valence-corrected chi connectivity index (χ3v) is 9.19. The second-order valence-electron chi connectivity index (χ2n) is 11.4. The van der Waals surface area contributed by atoms with Crippen LogP contribution in [0.15, 0.2) is 53.5 Å². The van der Waals surface area contributed by atoms with Crippen molar-refractivity contribution in [3.63, 3.8) is 0 Å². The molecule has 3 N–H and O–H groups in total. The molecule has 39 heavy (non-hydrogen) atoms. The van der Waals surface area contributed by atoms with Gasteiger partial charge in [0, 0.05) is 41.2 Å². The zero-order valence-corrected chi connectivity index (χ0v) is 22.5. The molecule has 1 saturated carbocycles. The van der Waals surface area contributed by atoms with Crippen LogP contribution in [0.25, 0.3) is 16.6 Å². The topological polar surface area (TPSA) is 95.3 Å². The number of nitrogens with one attached hydrogen (secondary N) is 2. The van der Waals surface area contributed by atoms with Crippen molar-refractivity contribution in [2.45, 2.75) is 56.5 Å². The van der Waals surface area contributed by atoms with Gasteiger partial charge in [-0.15, -0.1) is 0 Å². The maximum Gasteiger partial charge on any atom is 0.335 e. The van der Waals surface area contributed by atoms with Gasteiger partial charge in [0.15, 0.2) is 0 Å². The van der Waals surface area contributed by atoms with Gasteiger partial charge in [0.25, 0.3) is 5.91 Å². The molecule has 0 radical (unpaired) electrons. The van der Waals surface area contributed by atoms with Crippen molar-refractivity contribution in [3.05, 3.63) is 81.0 Å². The summed E-state index contributed by atoms with van der Waals surface area (Å²) in [4.78, 5) is 32.2. The van der Waals surface area contributed by atoms with Gasteiger partial charge in [-0.2, -0.15) is 0 Å². The van der Waals surface area contributed by atoms with Crippen LogP contribution in [-0.2, 0) is 12.0 Å². The Balaban J connectivity index is 1.15. The van der Waals surface area contributed by atoms with Crippen molar-refractivity contribution >= 4 is 28.4 Å². The molecule has 7 rings (SSSR count). The van der Waals surface area contributed by atoms with E-state index in [4.69, 9.17) is 11.6 Å². The van der Waals surface area contributed by atoms with Gasteiger partial charge in [-0.25, -0.2) is 9.36 Å². The minimum atomic E-state index is -0.474. The van der Waals surface area contributed by atoms with Crippen LogP contribution in [0.1, 0.15) is 66.2 Å². The Bertz CT molecular complexity index is 1620. The van der Waals surface area contributed by atoms with Gasteiger partial charge < -0.3 is 20.3 Å². The lowest BCUT2D eigenvalue weighted by molar-refractivity contribution is 0.0928. The Morgan fingerprint density at radius 3 is 2.59 bits per heavy atom. The Kier molecular flexibility index (Phi) is 5.86. The van der Waals surface area contributed by atoms with Gasteiger partial charge >= 0.3 is 5.69 Å². The molecule has 8 nitrogen and oxygen atoms in total. The predicted octanol–water partition coefficient (Wildman–Crippen LogP) is 4.87. The maximum absolute atomic E-state index is 13.4. The summed E-state index contributed by atoms with van der Waals surface area (Å²) in [6, 6.07) is 12.9. The first kappa shape index (κ1) is 24.5. The van der Waals surface area contributed by atoms with Crippen molar-refractivity contribution < 1.29 is 9.90 Å². The summed E-state index contributed by atoms with van der Waals surface area (Å²) in [5, 5.41) is 15.8. The van der Waals surface area contributed by atoms with E-state index in [9.17, 15) is 14.7 Å². The van der Waals surface area contributed by atoms with Crippen LogP contribution in [0.5, 0.6) is 5.88 Å². The number of carbonyl (C=O) groups is 1. The van der Waals surface area contributed by atoms with E-state index in [0.29, 0.717) is 34.9 Å². The van der Waals surface area contributed by atoms with E-state index in [0.717, 1.165) is 23.9 Å². The number of amides is 1. The van der Waals surface area contributed by atoms with E-state index in [-0.39, 0.29) is 22.9 Å². The fraction of sp³-hybridized carbons (Fsp3) is 0.400. The Morgan fingerprint density at radius 1 is 1.08 bits per heavy atom. The van der Waals surface area contributed by atoms with Gasteiger partial charge in [-0.3, -0.25) is 9.36 Å². The molecule has 4 heterocycles. The van der Waals surface area contributed by atoms with Crippen LogP contribution in [0.4, 0.5) is 0 Å². The number of likely N-dealkylation sites (tertiary alicyclic amines) is 1. The average molecular weight is 546 g/mol. The average Bonchev–Trinajstić information content (AvgIpc) is 3.24. The standard InChI is InChI=1S/C30H32ClN5O3/c31-23-17-32-25-16-19(5-10-22(23)25)27(37)33-24-4-3-15-35-26(24)28(38)36(29(35)39)21-8-6-20(7-9-21)30(11-12-30)18-34-13-1-2-14-34/h5-10,16-17,24,32,38H,1-4,11-15,18H2,(H,33,37)/t24-/m1/s1. The van der Waals surface area contributed by atoms with Crippen molar-refractivity contribution in [2.75, 3.05) is 19.6 Å². The molecule has 2 aromatic carbocycles. The number of benzene rings is 2. The number of hydrogen-bond acceptors (Lipinski definition) is 4. The van der Waals surface area contributed by atoms with Crippen LogP contribution >= 0.6 is 11.6 Å². The lowest BCUT2D eigenvalue weighted by Crippen LogP contribution is -2.35. The minimum absolute atomic E-state index is 0.109. The molecule has 1 amide bonds. The molecule has 9 heteroatoms. The molecular formula is C30H32ClN5O3. The molecule has 202 valence electrons. The highest BCUT2D eigenvalue weighted by atomic mass is 35.5. The number of fused-ring (bicyclic) bond motifs is 2. The molecular weight excluding hydrogens is 514 g/mol. The van der Waals surface area contributed by atoms with Crippen LogP contribution in [0.3, 0.4) is 0 Å². The summed E-state index contributed by atoms with van der Waals surface area (Å²) in [5.41, 5.74) is 3.60. The highest BCUT2D eigenvalue weighted by Gasteiger charge is 2.45. The van der Waals surface area contributed by atoms with Crippen molar-refractivity contribution in [3.8, 4) is 11.6 Å². The second-order valence-corrected chi connectivity index (χ2v) is 11.8. The van der Waals surface area contributed by atoms with Crippen molar-refractivity contribution in [1.29, 1.82) is 0 Å². The SMILES string of the molecule is O=C(N[C@@H]1CCCn2c1c(O)n(-c1ccc(C3(CN4CCCC4)CC3)cc1)c2=O)c1ccc2c(Cl)c[nH]c2c1. The van der Waals surface area contributed by atoms with Crippen LogP contribution < -0.4 is 11.0 Å². The van der Waals surface area contributed by atoms with Gasteiger partial charge in [0.2, 0.25) is 5.88 Å². The van der Waals surface area contributed by atoms with Crippen molar-refractivity contribution in [1.82, 2.24) is 24.3 Å². The highest BCUT2D eigenvalue weighted by molar-refractivity contribution is 6.35. The molecule has 3 aliphatic rings. The molecule has 1 aliphatic carbocycles. The van der Waals surface area contributed by atoms with Gasteiger partial charge in [-0.1, -0.05) is 29.8 Å². The third kappa shape index (κ3) is 4.17. The normalized spacial score (nSPS) is 20.3. The van der Waals surface area contributed by atoms with E-state index in [1.54, 1.807) is 22.9 Å². The molecule has 1 saturated heterocycles. The summed E-state index contributed by atoms with van der Waals surface area (Å²) >= 11 is 6.17. The lowest BCUT2D eigenvalue weighted by atomic mass is 9.95. The molecule has 4 aromatic rings. The van der Waals surface area contributed by atoms with Crippen molar-refractivity contribution in [2.24, 2.45) is 0 Å². The number of aromatic hydroxyl groups is 1. The molecule has 2 aliphatic heterocycles. The monoisotopic (exact) mass is 545 g/mol. The third-order valence-electron chi connectivity index (χ3n) is 8.87. The summed E-state index contributed by atoms with van der Waals surface area (Å²) in [6.07, 6.45) is 8.02. The van der Waals surface area contributed by atoms with Gasteiger partial charge in [-0.05, 0) is 81.4 Å². The molecule has 0 bridgehead atoms. The second kappa shape index (κ2) is 9.31. The largest absolute Gasteiger partial charge is 0.493 e. The van der Waals surface area contributed by atoms with E-state index in [1.807, 2.05) is 18.2 Å². The number of rotatable bonds is 6. The number of aromatic nitrogens is 3. The van der Waals surface area contributed by atoms with Gasteiger partial charge in [0.05, 0.1) is 16.8 Å². The Morgan fingerprint density at radius 2 is 1.85 bits per heavy atom. The maximum atomic E-state index is 13.4. The van der Waals surface area contributed by atoms with E-state index >= 15 is 0 Å². The summed E-state index contributed by atoms with van der Waals surface area (Å²) in [6.45, 7) is 3.98. The molecule has 2 aromatic heterocycles. The molecule has 2 fully saturated rings. The first-order chi connectivity index (χ1) is 18.9. The number of imidazole rings is 1. The molecule has 1 atom stereocenters. The first-order valence-electron chi connectivity index (χ1n) is 13.9. The Hall–Kier alpha value is -3.49. The van der Waals surface area contributed by atoms with Crippen LogP contribution in [0.2, 0.25) is 5.02 Å². The number of H-pyrrole nitrogens is 1. The molecule has 0 spiro atoms. The summed E-state index contributed by atoms with van der Waals surface area (Å²) in [7, 11) is 0. The summed E-state index contributed by atoms with van der Waals surface area (Å²) < 4.78 is 2.97. The zero-order valence-electron chi connectivity index (χ0n) is 21.8. The number of aromatic amines is 1. The van der Waals surface area contributed by atoms with E-state index in [2.05, 4.69) is 27.3 Å². The lowest BCUT2D eigenvalue weighted by Gasteiger charge is -2.24. The highest BCUT2D eigenvalue weighted by Crippen LogP contribution is 2.49. The smallest absolute Gasteiger partial charge is 0.335 e. The first-order valence-corrected chi connectivity index (χ1v) is 14.3. The molecule has 0 unspecified atom stereocenters. The van der Waals surface area contributed by atoms with E-state index in [1.165, 1.54) is 48.9 Å². The van der Waals surface area contributed by atoms with Gasteiger partial charge in [0.1, 0.15) is 5.69 Å². The fourth-order valence-electron chi connectivity index (χ4n) is 6.57. The number of halogens is 1. The summed E-state index contributed by atoms with van der Waals surface area (Å²) in [5.74, 6) is -0.375.